The summed E-state index contributed by atoms with van der Waals surface area (Å²) in [5, 5.41) is 11.2. The van der Waals surface area contributed by atoms with Crippen molar-refractivity contribution in [2.24, 2.45) is 0 Å². The first kappa shape index (κ1) is 21.1. The van der Waals surface area contributed by atoms with E-state index in [1.54, 1.807) is 0 Å². The number of piperidine rings is 2. The van der Waals surface area contributed by atoms with Gasteiger partial charge in [-0.05, 0) is 45.7 Å². The SMILES string of the molecule is Cc1nn(C2CCNCC2)cc1-c1nc(NC2CCN(S(C)(=O)=O)CC2)ncc1F. The minimum Gasteiger partial charge on any atom is -0.351 e. The number of halogens is 1. The highest BCUT2D eigenvalue weighted by Gasteiger charge is 2.26. The number of anilines is 1. The number of aromatic nitrogens is 4. The summed E-state index contributed by atoms with van der Waals surface area (Å²) in [7, 11) is -3.17. The van der Waals surface area contributed by atoms with E-state index in [2.05, 4.69) is 25.7 Å². The highest BCUT2D eigenvalue weighted by Crippen LogP contribution is 2.28. The molecule has 0 saturated carbocycles. The number of nitrogens with zero attached hydrogens (tertiary/aromatic N) is 5. The van der Waals surface area contributed by atoms with E-state index >= 15 is 0 Å². The van der Waals surface area contributed by atoms with Crippen molar-refractivity contribution in [3.8, 4) is 11.3 Å². The molecule has 2 aromatic heterocycles. The van der Waals surface area contributed by atoms with Crippen molar-refractivity contribution >= 4 is 16.0 Å². The third-order valence-corrected chi connectivity index (χ3v) is 7.16. The van der Waals surface area contributed by atoms with Gasteiger partial charge >= 0.3 is 0 Å². The molecule has 0 unspecified atom stereocenters. The van der Waals surface area contributed by atoms with Gasteiger partial charge in [0.05, 0.1) is 24.2 Å². The Morgan fingerprint density at radius 2 is 1.90 bits per heavy atom. The molecule has 30 heavy (non-hydrogen) atoms. The van der Waals surface area contributed by atoms with Crippen LogP contribution in [0.15, 0.2) is 12.4 Å². The van der Waals surface area contributed by atoms with Crippen LogP contribution in [0.2, 0.25) is 0 Å². The van der Waals surface area contributed by atoms with Crippen molar-refractivity contribution in [2.75, 3.05) is 37.8 Å². The lowest BCUT2D eigenvalue weighted by atomic mass is 10.1. The van der Waals surface area contributed by atoms with Crippen LogP contribution in [0.3, 0.4) is 0 Å². The molecule has 2 N–H and O–H groups in total. The van der Waals surface area contributed by atoms with E-state index in [9.17, 15) is 12.8 Å². The van der Waals surface area contributed by atoms with Crippen molar-refractivity contribution in [1.29, 1.82) is 0 Å². The molecule has 2 fully saturated rings. The van der Waals surface area contributed by atoms with Gasteiger partial charge in [-0.3, -0.25) is 4.68 Å². The summed E-state index contributed by atoms with van der Waals surface area (Å²) in [6.07, 6.45) is 7.56. The molecule has 0 atom stereocenters. The first-order chi connectivity index (χ1) is 14.3. The summed E-state index contributed by atoms with van der Waals surface area (Å²) in [6, 6.07) is 0.348. The topological polar surface area (TPSA) is 105 Å². The molecule has 2 saturated heterocycles. The van der Waals surface area contributed by atoms with Crippen molar-refractivity contribution < 1.29 is 12.8 Å². The number of aryl methyl sites for hydroxylation is 1. The standard InChI is InChI=1S/C19H28FN7O2S/c1-13-16(12-27(25-13)15-3-7-21-8-4-15)18-17(20)11-22-19(24-18)23-14-5-9-26(10-6-14)30(2,28)29/h11-12,14-15,21H,3-10H2,1-2H3,(H,22,23,24). The number of nitrogens with one attached hydrogen (secondary N) is 2. The second kappa shape index (κ2) is 8.56. The van der Waals surface area contributed by atoms with E-state index in [-0.39, 0.29) is 11.7 Å². The van der Waals surface area contributed by atoms with Crippen molar-refractivity contribution in [3.05, 3.63) is 23.9 Å². The molecule has 4 heterocycles. The van der Waals surface area contributed by atoms with Gasteiger partial charge in [-0.2, -0.15) is 5.10 Å². The van der Waals surface area contributed by atoms with Crippen molar-refractivity contribution in [1.82, 2.24) is 29.4 Å². The molecular formula is C19H28FN7O2S. The van der Waals surface area contributed by atoms with Gasteiger partial charge in [0.15, 0.2) is 5.82 Å². The van der Waals surface area contributed by atoms with Crippen LogP contribution >= 0.6 is 0 Å². The summed E-state index contributed by atoms with van der Waals surface area (Å²) in [6.45, 7) is 4.67. The summed E-state index contributed by atoms with van der Waals surface area (Å²) in [4.78, 5) is 8.52. The minimum atomic E-state index is -3.17. The van der Waals surface area contributed by atoms with E-state index in [0.29, 0.717) is 43.5 Å². The third-order valence-electron chi connectivity index (χ3n) is 5.85. The fourth-order valence-electron chi connectivity index (χ4n) is 4.11. The summed E-state index contributed by atoms with van der Waals surface area (Å²) in [5.74, 6) is -0.140. The first-order valence-corrected chi connectivity index (χ1v) is 12.2. The third kappa shape index (κ3) is 4.62. The Labute approximate surface area is 176 Å². The van der Waals surface area contributed by atoms with Gasteiger partial charge in [0.25, 0.3) is 0 Å². The zero-order valence-corrected chi connectivity index (χ0v) is 18.1. The molecule has 9 nitrogen and oxygen atoms in total. The van der Waals surface area contributed by atoms with E-state index in [1.807, 2.05) is 17.8 Å². The normalized spacial score (nSPS) is 19.8. The van der Waals surface area contributed by atoms with Crippen LogP contribution in [0.4, 0.5) is 10.3 Å². The van der Waals surface area contributed by atoms with Crippen LogP contribution in [0.5, 0.6) is 0 Å². The number of hydrogen-bond donors (Lipinski definition) is 2. The molecule has 4 rings (SSSR count). The lowest BCUT2D eigenvalue weighted by molar-refractivity contribution is 0.331. The molecule has 0 spiro atoms. The lowest BCUT2D eigenvalue weighted by Gasteiger charge is -2.30. The second-order valence-electron chi connectivity index (χ2n) is 8.06. The first-order valence-electron chi connectivity index (χ1n) is 10.3. The molecule has 0 amide bonds. The molecule has 0 aliphatic carbocycles. The summed E-state index contributed by atoms with van der Waals surface area (Å²) in [5.41, 5.74) is 1.64. The Morgan fingerprint density at radius 3 is 2.57 bits per heavy atom. The Bertz CT molecular complexity index is 996. The minimum absolute atomic E-state index is 0.0415. The molecule has 11 heteroatoms. The predicted molar refractivity (Wildman–Crippen MR) is 112 cm³/mol. The second-order valence-corrected chi connectivity index (χ2v) is 10.0. The van der Waals surface area contributed by atoms with Gasteiger partial charge in [0.1, 0.15) is 5.69 Å². The summed E-state index contributed by atoms with van der Waals surface area (Å²) < 4.78 is 41.3. The maximum atomic E-state index is 14.6. The van der Waals surface area contributed by atoms with E-state index in [0.717, 1.165) is 31.6 Å². The Morgan fingerprint density at radius 1 is 1.20 bits per heavy atom. The predicted octanol–water partition coefficient (Wildman–Crippen LogP) is 1.55. The Balaban J connectivity index is 1.50. The van der Waals surface area contributed by atoms with Gasteiger partial charge in [0, 0.05) is 30.9 Å². The van der Waals surface area contributed by atoms with Gasteiger partial charge in [0.2, 0.25) is 16.0 Å². The van der Waals surface area contributed by atoms with Crippen LogP contribution in [-0.2, 0) is 10.0 Å². The Hall–Kier alpha value is -2.11. The van der Waals surface area contributed by atoms with Gasteiger partial charge < -0.3 is 10.6 Å². The highest BCUT2D eigenvalue weighted by molar-refractivity contribution is 7.88. The summed E-state index contributed by atoms with van der Waals surface area (Å²) >= 11 is 0. The highest BCUT2D eigenvalue weighted by atomic mass is 32.2. The van der Waals surface area contributed by atoms with E-state index in [1.165, 1.54) is 16.8 Å². The number of rotatable bonds is 5. The molecule has 0 aromatic carbocycles. The monoisotopic (exact) mass is 437 g/mol. The lowest BCUT2D eigenvalue weighted by Crippen LogP contribution is -2.42. The van der Waals surface area contributed by atoms with Crippen LogP contribution in [-0.4, -0.2) is 70.9 Å². The van der Waals surface area contributed by atoms with Gasteiger partial charge in [-0.15, -0.1) is 0 Å². The fourth-order valence-corrected chi connectivity index (χ4v) is 4.99. The fraction of sp³-hybridized carbons (Fsp3) is 0.632. The number of hydrogen-bond acceptors (Lipinski definition) is 7. The Kier molecular flexibility index (Phi) is 6.03. The molecule has 0 bridgehead atoms. The van der Waals surface area contributed by atoms with Crippen LogP contribution in [0.25, 0.3) is 11.3 Å². The largest absolute Gasteiger partial charge is 0.351 e. The zero-order valence-electron chi connectivity index (χ0n) is 17.3. The average molecular weight is 438 g/mol. The van der Waals surface area contributed by atoms with E-state index < -0.39 is 15.8 Å². The van der Waals surface area contributed by atoms with Crippen LogP contribution < -0.4 is 10.6 Å². The van der Waals surface area contributed by atoms with Crippen molar-refractivity contribution in [2.45, 2.75) is 44.7 Å². The molecule has 0 radical (unpaired) electrons. The molecule has 2 aromatic rings. The quantitative estimate of drug-likeness (QED) is 0.731. The molecule has 2 aliphatic heterocycles. The average Bonchev–Trinajstić information content (AvgIpc) is 3.11. The van der Waals surface area contributed by atoms with Gasteiger partial charge in [-0.25, -0.2) is 27.1 Å². The molecule has 164 valence electrons. The maximum absolute atomic E-state index is 14.6. The van der Waals surface area contributed by atoms with Gasteiger partial charge in [-0.1, -0.05) is 0 Å². The zero-order chi connectivity index (χ0) is 21.3. The molecule has 2 aliphatic rings. The smallest absolute Gasteiger partial charge is 0.223 e. The maximum Gasteiger partial charge on any atom is 0.223 e. The van der Waals surface area contributed by atoms with Crippen LogP contribution in [0, 0.1) is 12.7 Å². The van der Waals surface area contributed by atoms with Crippen LogP contribution in [0.1, 0.15) is 37.4 Å². The van der Waals surface area contributed by atoms with E-state index in [4.69, 9.17) is 0 Å². The molecular weight excluding hydrogens is 409 g/mol. The number of sulfonamides is 1. The van der Waals surface area contributed by atoms with Crippen molar-refractivity contribution in [3.63, 3.8) is 0 Å².